The maximum absolute atomic E-state index is 13.3. The van der Waals surface area contributed by atoms with Gasteiger partial charge in [-0.15, -0.1) is 0 Å². The quantitative estimate of drug-likeness (QED) is 0.880. The highest BCUT2D eigenvalue weighted by molar-refractivity contribution is 6.33. The molecule has 2 aromatic rings. The predicted molar refractivity (Wildman–Crippen MR) is 90.5 cm³/mol. The summed E-state index contributed by atoms with van der Waals surface area (Å²) in [5, 5.41) is 6.01. The number of anilines is 2. The molecule has 1 N–H and O–H groups in total. The normalized spacial score (nSPS) is 15.6. The van der Waals surface area contributed by atoms with Crippen molar-refractivity contribution in [2.75, 3.05) is 36.0 Å². The molecule has 3 rings (SSSR count). The summed E-state index contributed by atoms with van der Waals surface area (Å²) in [6.45, 7) is 3.29. The van der Waals surface area contributed by atoms with Gasteiger partial charge in [0.05, 0.1) is 17.4 Å². The van der Waals surface area contributed by atoms with Gasteiger partial charge in [0.2, 0.25) is 0 Å². The van der Waals surface area contributed by atoms with E-state index in [1.807, 2.05) is 4.90 Å². The number of hydrogen-bond donors (Lipinski definition) is 1. The van der Waals surface area contributed by atoms with E-state index in [0.717, 1.165) is 0 Å². The van der Waals surface area contributed by atoms with Gasteiger partial charge in [0, 0.05) is 31.9 Å². The van der Waals surface area contributed by atoms with Crippen molar-refractivity contribution in [2.45, 2.75) is 13.1 Å². The van der Waals surface area contributed by atoms with Gasteiger partial charge >= 0.3 is 6.18 Å². The fraction of sp³-hybridized carbons (Fsp3) is 0.375. The third-order valence-corrected chi connectivity index (χ3v) is 4.56. The van der Waals surface area contributed by atoms with Crippen molar-refractivity contribution < 1.29 is 13.2 Å². The summed E-state index contributed by atoms with van der Waals surface area (Å²) in [7, 11) is 0. The number of aromatic nitrogens is 2. The summed E-state index contributed by atoms with van der Waals surface area (Å²) in [6, 6.07) is 4.35. The highest BCUT2D eigenvalue weighted by Crippen LogP contribution is 2.37. The van der Waals surface area contributed by atoms with E-state index in [0.29, 0.717) is 37.4 Å². The van der Waals surface area contributed by atoms with E-state index in [2.05, 4.69) is 10.2 Å². The fourth-order valence-electron chi connectivity index (χ4n) is 2.94. The Bertz CT molecular complexity index is 829. The second-order valence-corrected chi connectivity index (χ2v) is 6.27. The van der Waals surface area contributed by atoms with Crippen LogP contribution in [0.25, 0.3) is 0 Å². The van der Waals surface area contributed by atoms with Gasteiger partial charge in [-0.2, -0.15) is 18.3 Å². The molecule has 1 aromatic carbocycles. The highest BCUT2D eigenvalue weighted by Gasteiger charge is 2.35. The molecule has 134 valence electrons. The number of hydrogen-bond acceptors (Lipinski definition) is 4. The van der Waals surface area contributed by atoms with Crippen LogP contribution in [-0.4, -0.2) is 36.4 Å². The molecule has 25 heavy (non-hydrogen) atoms. The van der Waals surface area contributed by atoms with Gasteiger partial charge in [-0.1, -0.05) is 23.2 Å². The Morgan fingerprint density at radius 3 is 2.32 bits per heavy atom. The van der Waals surface area contributed by atoms with E-state index in [1.165, 1.54) is 18.3 Å². The van der Waals surface area contributed by atoms with Crippen molar-refractivity contribution in [3.8, 4) is 0 Å². The van der Waals surface area contributed by atoms with Crippen LogP contribution >= 0.6 is 11.6 Å². The molecule has 1 saturated heterocycles. The van der Waals surface area contributed by atoms with E-state index in [9.17, 15) is 18.0 Å². The lowest BCUT2D eigenvalue weighted by Crippen LogP contribution is -2.47. The largest absolute Gasteiger partial charge is 0.418 e. The molecule has 0 saturated carbocycles. The lowest BCUT2D eigenvalue weighted by molar-refractivity contribution is -0.137. The molecule has 0 unspecified atom stereocenters. The molecule has 1 aromatic heterocycles. The predicted octanol–water partition coefficient (Wildman–Crippen LogP) is 3.08. The topological polar surface area (TPSA) is 52.2 Å². The van der Waals surface area contributed by atoms with Crippen LogP contribution in [-0.2, 0) is 6.18 Å². The zero-order valence-corrected chi connectivity index (χ0v) is 14.2. The Morgan fingerprint density at radius 2 is 1.72 bits per heavy atom. The molecule has 0 radical (unpaired) electrons. The first-order valence-electron chi connectivity index (χ1n) is 7.68. The number of nitrogens with one attached hydrogen (secondary N) is 1. The smallest absolute Gasteiger partial charge is 0.367 e. The second-order valence-electron chi connectivity index (χ2n) is 5.89. The average Bonchev–Trinajstić information content (AvgIpc) is 2.57. The van der Waals surface area contributed by atoms with Crippen LogP contribution in [0.3, 0.4) is 0 Å². The molecule has 0 atom stereocenters. The van der Waals surface area contributed by atoms with E-state index in [1.54, 1.807) is 17.9 Å². The summed E-state index contributed by atoms with van der Waals surface area (Å²) >= 11 is 5.99. The van der Waals surface area contributed by atoms with Crippen molar-refractivity contribution in [1.29, 1.82) is 0 Å². The molecule has 2 heterocycles. The number of alkyl halides is 3. The van der Waals surface area contributed by atoms with E-state index in [4.69, 9.17) is 11.6 Å². The van der Waals surface area contributed by atoms with Gasteiger partial charge in [-0.05, 0) is 19.1 Å². The molecule has 5 nitrogen and oxygen atoms in total. The first kappa shape index (κ1) is 17.6. The average molecular weight is 373 g/mol. The number of piperazine rings is 1. The number of H-pyrrole nitrogens is 1. The Kier molecular flexibility index (Phi) is 4.64. The number of rotatable bonds is 2. The van der Waals surface area contributed by atoms with Crippen molar-refractivity contribution in [1.82, 2.24) is 10.2 Å². The van der Waals surface area contributed by atoms with Crippen LogP contribution in [0.2, 0.25) is 5.02 Å². The maximum Gasteiger partial charge on any atom is 0.418 e. The lowest BCUT2D eigenvalue weighted by atomic mass is 10.1. The third-order valence-electron chi connectivity index (χ3n) is 4.20. The number of aryl methyl sites for hydroxylation is 1. The van der Waals surface area contributed by atoms with E-state index >= 15 is 0 Å². The van der Waals surface area contributed by atoms with Gasteiger partial charge < -0.3 is 9.80 Å². The zero-order valence-electron chi connectivity index (χ0n) is 13.4. The first-order chi connectivity index (χ1) is 11.8. The number of benzene rings is 1. The summed E-state index contributed by atoms with van der Waals surface area (Å²) in [5.74, 6) is 0. The maximum atomic E-state index is 13.3. The van der Waals surface area contributed by atoms with Crippen molar-refractivity contribution in [3.63, 3.8) is 0 Å². The molecule has 0 amide bonds. The summed E-state index contributed by atoms with van der Waals surface area (Å²) in [6.07, 6.45) is -2.95. The molecule has 1 aliphatic rings. The van der Waals surface area contributed by atoms with Gasteiger partial charge in [-0.25, -0.2) is 5.10 Å². The molecular weight excluding hydrogens is 357 g/mol. The van der Waals surface area contributed by atoms with Crippen molar-refractivity contribution in [3.05, 3.63) is 50.9 Å². The number of nitrogens with zero attached hydrogens (tertiary/aromatic N) is 3. The molecule has 0 bridgehead atoms. The minimum absolute atomic E-state index is 0.0368. The third kappa shape index (κ3) is 3.58. The van der Waals surface area contributed by atoms with Crippen LogP contribution in [0.5, 0.6) is 0 Å². The zero-order chi connectivity index (χ0) is 18.2. The monoisotopic (exact) mass is 372 g/mol. The van der Waals surface area contributed by atoms with Crippen LogP contribution < -0.4 is 15.4 Å². The van der Waals surface area contributed by atoms with Gasteiger partial charge in [0.1, 0.15) is 5.02 Å². The minimum Gasteiger partial charge on any atom is -0.367 e. The second kappa shape index (κ2) is 6.59. The molecule has 0 spiro atoms. The fourth-order valence-corrected chi connectivity index (χ4v) is 3.15. The minimum atomic E-state index is -4.40. The standard InChI is InChI=1S/C16H16ClF3N4O/c1-10-2-3-12(11(8-10)16(18,19)20)23-4-6-24(7-5-23)13-9-21-22-15(25)14(13)17/h2-3,8-9H,4-7H2,1H3,(H,22,25). The lowest BCUT2D eigenvalue weighted by Gasteiger charge is -2.38. The Hall–Kier alpha value is -2.22. The summed E-state index contributed by atoms with van der Waals surface area (Å²) in [5.41, 5.74) is 0.116. The Balaban J connectivity index is 1.81. The van der Waals surface area contributed by atoms with Crippen LogP contribution in [0, 0.1) is 6.92 Å². The highest BCUT2D eigenvalue weighted by atomic mass is 35.5. The van der Waals surface area contributed by atoms with E-state index in [-0.39, 0.29) is 10.7 Å². The molecule has 1 aliphatic heterocycles. The van der Waals surface area contributed by atoms with Gasteiger partial charge in [-0.3, -0.25) is 4.79 Å². The van der Waals surface area contributed by atoms with Crippen molar-refractivity contribution in [2.24, 2.45) is 0 Å². The van der Waals surface area contributed by atoms with Gasteiger partial charge in [0.15, 0.2) is 0 Å². The van der Waals surface area contributed by atoms with Crippen LogP contribution in [0.4, 0.5) is 24.5 Å². The van der Waals surface area contributed by atoms with Crippen LogP contribution in [0.1, 0.15) is 11.1 Å². The Labute approximate surface area is 147 Å². The molecule has 0 aliphatic carbocycles. The Morgan fingerprint density at radius 1 is 1.12 bits per heavy atom. The first-order valence-corrected chi connectivity index (χ1v) is 8.06. The van der Waals surface area contributed by atoms with E-state index < -0.39 is 17.3 Å². The molecule has 1 fully saturated rings. The van der Waals surface area contributed by atoms with Crippen molar-refractivity contribution >= 4 is 23.0 Å². The number of aromatic amines is 1. The molecular formula is C16H16ClF3N4O. The van der Waals surface area contributed by atoms with Crippen LogP contribution in [0.15, 0.2) is 29.2 Å². The molecule has 9 heteroatoms. The number of halogens is 4. The SMILES string of the molecule is Cc1ccc(N2CCN(c3cn[nH]c(=O)c3Cl)CC2)c(C(F)(F)F)c1. The summed E-state index contributed by atoms with van der Waals surface area (Å²) < 4.78 is 40.0. The summed E-state index contributed by atoms with van der Waals surface area (Å²) in [4.78, 5) is 15.1. The van der Waals surface area contributed by atoms with Gasteiger partial charge in [0.25, 0.3) is 5.56 Å².